The number of fused-ring (bicyclic) bond motifs is 3. The summed E-state index contributed by atoms with van der Waals surface area (Å²) in [6, 6.07) is 16.8. The van der Waals surface area contributed by atoms with Crippen molar-refractivity contribution in [3.8, 4) is 0 Å². The lowest BCUT2D eigenvalue weighted by Crippen LogP contribution is -2.11. The molecule has 117 valence electrons. The predicted molar refractivity (Wildman–Crippen MR) is 90.1 cm³/mol. The number of rotatable bonds is 3. The Morgan fingerprint density at radius 2 is 2.00 bits per heavy atom. The second kappa shape index (κ2) is 5.45. The molecule has 0 aliphatic carbocycles. The van der Waals surface area contributed by atoms with Gasteiger partial charge in [0.05, 0.1) is 23.3 Å². The number of nitrogens with zero attached hydrogens (tertiary/aromatic N) is 2. The minimum atomic E-state index is -0.546. The van der Waals surface area contributed by atoms with Crippen LogP contribution in [0.1, 0.15) is 16.1 Å². The highest BCUT2D eigenvalue weighted by atomic mass is 19.1. The van der Waals surface area contributed by atoms with Gasteiger partial charge in [-0.2, -0.15) is 0 Å². The first-order valence-corrected chi connectivity index (χ1v) is 7.47. The molecule has 24 heavy (non-hydrogen) atoms. The first-order valence-electron chi connectivity index (χ1n) is 7.47. The number of aromatic nitrogens is 2. The Labute approximate surface area is 137 Å². The van der Waals surface area contributed by atoms with Crippen molar-refractivity contribution < 1.29 is 9.18 Å². The van der Waals surface area contributed by atoms with E-state index in [0.717, 1.165) is 16.7 Å². The van der Waals surface area contributed by atoms with Gasteiger partial charge in [0, 0.05) is 28.6 Å². The summed E-state index contributed by atoms with van der Waals surface area (Å²) in [4.78, 5) is 16.1. The average molecular weight is 318 g/mol. The van der Waals surface area contributed by atoms with Gasteiger partial charge in [-0.15, -0.1) is 0 Å². The molecule has 1 amide bonds. The summed E-state index contributed by atoms with van der Waals surface area (Å²) in [5.74, 6) is -1.02. The molecule has 0 spiro atoms. The van der Waals surface area contributed by atoms with Crippen LogP contribution in [0.25, 0.3) is 21.8 Å². The maximum Gasteiger partial charge on any atom is 0.249 e. The van der Waals surface area contributed by atoms with E-state index in [9.17, 15) is 9.18 Å². The van der Waals surface area contributed by atoms with Crippen molar-refractivity contribution in [2.45, 2.75) is 6.54 Å². The van der Waals surface area contributed by atoms with E-state index in [-0.39, 0.29) is 0 Å². The second-order valence-corrected chi connectivity index (χ2v) is 5.54. The van der Waals surface area contributed by atoms with E-state index in [2.05, 4.69) is 11.1 Å². The van der Waals surface area contributed by atoms with Crippen LogP contribution in [0.2, 0.25) is 0 Å². The molecule has 0 saturated heterocycles. The number of halogens is 1. The molecule has 4 nitrogen and oxygen atoms in total. The summed E-state index contributed by atoms with van der Waals surface area (Å²) in [7, 11) is 0. The van der Waals surface area contributed by atoms with Crippen LogP contribution in [-0.2, 0) is 6.54 Å². The van der Waals surface area contributed by atoms with Gasteiger partial charge in [-0.1, -0.05) is 12.1 Å². The predicted octanol–water partition coefficient (Wildman–Crippen LogP) is 3.28. The van der Waals surface area contributed by atoms with E-state index < -0.39 is 11.7 Å². The maximum atomic E-state index is 13.7. The lowest BCUT2D eigenvalue weighted by Gasteiger charge is -2.07. The molecular formula is C19H13FN3O. The van der Waals surface area contributed by atoms with Gasteiger partial charge in [-0.3, -0.25) is 9.78 Å². The molecule has 2 N–H and O–H groups in total. The molecule has 2 heterocycles. The summed E-state index contributed by atoms with van der Waals surface area (Å²) in [5, 5.41) is 1.17. The van der Waals surface area contributed by atoms with E-state index in [0.29, 0.717) is 22.9 Å². The van der Waals surface area contributed by atoms with Gasteiger partial charge in [0.2, 0.25) is 5.91 Å². The summed E-state index contributed by atoms with van der Waals surface area (Å²) < 4.78 is 15.7. The Morgan fingerprint density at radius 1 is 1.12 bits per heavy atom. The first-order chi connectivity index (χ1) is 11.6. The fraction of sp³-hybridized carbons (Fsp3) is 0.0526. The van der Waals surface area contributed by atoms with E-state index in [1.165, 1.54) is 6.07 Å². The minimum Gasteiger partial charge on any atom is -0.366 e. The number of nitrogens with two attached hydrogens (primary N) is 1. The normalized spacial score (nSPS) is 11.2. The monoisotopic (exact) mass is 318 g/mol. The number of carbonyl (C=O) groups is 1. The van der Waals surface area contributed by atoms with E-state index in [4.69, 9.17) is 5.73 Å². The Bertz CT molecular complexity index is 1070. The zero-order chi connectivity index (χ0) is 16.7. The molecule has 1 radical (unpaired) electrons. The van der Waals surface area contributed by atoms with Crippen LogP contribution in [0.4, 0.5) is 4.39 Å². The van der Waals surface area contributed by atoms with Crippen molar-refractivity contribution in [1.29, 1.82) is 0 Å². The third-order valence-corrected chi connectivity index (χ3v) is 4.07. The van der Waals surface area contributed by atoms with Gasteiger partial charge in [-0.25, -0.2) is 4.39 Å². The third kappa shape index (κ3) is 2.22. The highest BCUT2D eigenvalue weighted by Gasteiger charge is 2.17. The Hall–Kier alpha value is -3.21. The van der Waals surface area contributed by atoms with Crippen LogP contribution < -0.4 is 5.73 Å². The van der Waals surface area contributed by atoms with Crippen molar-refractivity contribution in [3.05, 3.63) is 77.9 Å². The van der Waals surface area contributed by atoms with Gasteiger partial charge in [0.1, 0.15) is 5.82 Å². The van der Waals surface area contributed by atoms with E-state index in [1.807, 2.05) is 28.8 Å². The number of pyridine rings is 1. The van der Waals surface area contributed by atoms with Gasteiger partial charge < -0.3 is 10.3 Å². The van der Waals surface area contributed by atoms with Crippen molar-refractivity contribution in [2.75, 3.05) is 0 Å². The average Bonchev–Trinajstić information content (AvgIpc) is 2.89. The van der Waals surface area contributed by atoms with E-state index >= 15 is 0 Å². The Morgan fingerprint density at radius 3 is 2.75 bits per heavy atom. The largest absolute Gasteiger partial charge is 0.366 e. The number of primary amides is 1. The SMILES string of the molecule is NC(=O)c1cccc2c1c1[c]c(F)ccc1n2Cc1ccccn1. The number of amides is 1. The van der Waals surface area contributed by atoms with Gasteiger partial charge in [0.25, 0.3) is 0 Å². The topological polar surface area (TPSA) is 60.9 Å². The van der Waals surface area contributed by atoms with Crippen molar-refractivity contribution in [1.82, 2.24) is 9.55 Å². The molecule has 0 unspecified atom stereocenters. The first kappa shape index (κ1) is 14.4. The molecule has 2 aromatic carbocycles. The summed E-state index contributed by atoms with van der Waals surface area (Å²) in [5.41, 5.74) is 8.31. The maximum absolute atomic E-state index is 13.7. The zero-order valence-electron chi connectivity index (χ0n) is 12.7. The molecule has 5 heteroatoms. The Kier molecular flexibility index (Phi) is 3.27. The number of hydrogen-bond donors (Lipinski definition) is 1. The van der Waals surface area contributed by atoms with Crippen molar-refractivity contribution in [3.63, 3.8) is 0 Å². The van der Waals surface area contributed by atoms with Crippen LogP contribution in [0.15, 0.2) is 54.7 Å². The summed E-state index contributed by atoms with van der Waals surface area (Å²) in [6.07, 6.45) is 1.73. The molecule has 0 bridgehead atoms. The quantitative estimate of drug-likeness (QED) is 0.630. The van der Waals surface area contributed by atoms with Crippen LogP contribution in [0.5, 0.6) is 0 Å². The molecule has 4 aromatic rings. The number of hydrogen-bond acceptors (Lipinski definition) is 2. The highest BCUT2D eigenvalue weighted by molar-refractivity contribution is 6.17. The van der Waals surface area contributed by atoms with Crippen LogP contribution in [0, 0.1) is 11.9 Å². The molecule has 0 saturated carbocycles. The lowest BCUT2D eigenvalue weighted by atomic mass is 10.1. The summed E-state index contributed by atoms with van der Waals surface area (Å²) >= 11 is 0. The molecule has 4 rings (SSSR count). The molecule has 0 aliphatic heterocycles. The minimum absolute atomic E-state index is 0.360. The van der Waals surface area contributed by atoms with Crippen LogP contribution in [0.3, 0.4) is 0 Å². The fourth-order valence-corrected chi connectivity index (χ4v) is 3.06. The van der Waals surface area contributed by atoms with E-state index in [1.54, 1.807) is 24.4 Å². The van der Waals surface area contributed by atoms with Gasteiger partial charge in [-0.05, 0) is 36.4 Å². The highest BCUT2D eigenvalue weighted by Crippen LogP contribution is 2.32. The fourth-order valence-electron chi connectivity index (χ4n) is 3.06. The second-order valence-electron chi connectivity index (χ2n) is 5.54. The zero-order valence-corrected chi connectivity index (χ0v) is 12.7. The van der Waals surface area contributed by atoms with Crippen LogP contribution >= 0.6 is 0 Å². The molecule has 0 atom stereocenters. The standard InChI is InChI=1S/C19H13FN3O/c20-12-7-8-16-15(10-12)18-14(19(21)24)5-3-6-17(18)23(16)11-13-4-1-2-9-22-13/h1-9H,11H2,(H2,21,24). The molecule has 2 aromatic heterocycles. The number of carbonyl (C=O) groups excluding carboxylic acids is 1. The van der Waals surface area contributed by atoms with Gasteiger partial charge >= 0.3 is 0 Å². The molecular weight excluding hydrogens is 305 g/mol. The van der Waals surface area contributed by atoms with Crippen molar-refractivity contribution >= 4 is 27.7 Å². The number of benzene rings is 2. The third-order valence-electron chi connectivity index (χ3n) is 4.07. The molecule has 0 fully saturated rings. The lowest BCUT2D eigenvalue weighted by molar-refractivity contribution is 0.100. The van der Waals surface area contributed by atoms with Crippen LogP contribution in [-0.4, -0.2) is 15.5 Å². The smallest absolute Gasteiger partial charge is 0.249 e. The van der Waals surface area contributed by atoms with Gasteiger partial charge in [0.15, 0.2) is 0 Å². The molecule has 0 aliphatic rings. The summed E-state index contributed by atoms with van der Waals surface area (Å²) in [6.45, 7) is 0.503. The Balaban J connectivity index is 2.08. The van der Waals surface area contributed by atoms with Crippen molar-refractivity contribution in [2.24, 2.45) is 5.73 Å².